The molecule has 0 aliphatic carbocycles. The van der Waals surface area contributed by atoms with Crippen molar-refractivity contribution in [3.8, 4) is 17.2 Å². The molecule has 4 heterocycles. The number of aryl methyl sites for hydroxylation is 1. The van der Waals surface area contributed by atoms with E-state index in [-0.39, 0.29) is 11.8 Å². The molecule has 9 heteroatoms. The number of benzene rings is 1. The van der Waals surface area contributed by atoms with Crippen LogP contribution in [0.15, 0.2) is 48.8 Å². The third-order valence-electron chi connectivity index (χ3n) is 6.04. The van der Waals surface area contributed by atoms with Gasteiger partial charge in [-0.3, -0.25) is 4.79 Å². The lowest BCUT2D eigenvalue weighted by atomic mass is 10.0. The molecular formula is C25H26ClN7O. The van der Waals surface area contributed by atoms with Crippen molar-refractivity contribution in [2.45, 2.75) is 52.0 Å². The van der Waals surface area contributed by atoms with E-state index >= 15 is 0 Å². The molecule has 0 bridgehead atoms. The van der Waals surface area contributed by atoms with E-state index < -0.39 is 0 Å². The zero-order valence-electron chi connectivity index (χ0n) is 19.2. The molecule has 0 saturated carbocycles. The van der Waals surface area contributed by atoms with Crippen molar-refractivity contribution in [2.24, 2.45) is 0 Å². The number of fused-ring (bicyclic) bond motifs is 1. The summed E-state index contributed by atoms with van der Waals surface area (Å²) in [5, 5.41) is 16.8. The molecule has 0 saturated heterocycles. The van der Waals surface area contributed by atoms with E-state index in [2.05, 4.69) is 30.2 Å². The summed E-state index contributed by atoms with van der Waals surface area (Å²) in [7, 11) is 0. The van der Waals surface area contributed by atoms with Crippen LogP contribution in [-0.4, -0.2) is 35.4 Å². The Kier molecular flexibility index (Phi) is 6.15. The number of halogens is 1. The highest BCUT2D eigenvalue weighted by Gasteiger charge is 2.23. The van der Waals surface area contributed by atoms with E-state index in [1.165, 1.54) is 6.42 Å². The summed E-state index contributed by atoms with van der Waals surface area (Å²) in [5.41, 5.74) is 2.70. The van der Waals surface area contributed by atoms with Crippen molar-refractivity contribution in [2.75, 3.05) is 5.32 Å². The Morgan fingerprint density at radius 1 is 1.12 bits per heavy atom. The van der Waals surface area contributed by atoms with Gasteiger partial charge in [-0.1, -0.05) is 37.9 Å². The summed E-state index contributed by atoms with van der Waals surface area (Å²) in [6, 6.07) is 11.1. The van der Waals surface area contributed by atoms with Gasteiger partial charge in [-0.2, -0.15) is 5.10 Å². The molecule has 5 rings (SSSR count). The van der Waals surface area contributed by atoms with Gasteiger partial charge in [0.2, 0.25) is 0 Å². The number of carbonyl (C=O) groups is 1. The van der Waals surface area contributed by atoms with Crippen molar-refractivity contribution in [3.63, 3.8) is 0 Å². The van der Waals surface area contributed by atoms with Gasteiger partial charge < -0.3 is 9.88 Å². The lowest BCUT2D eigenvalue weighted by molar-refractivity contribution is 0.102. The number of carbonyl (C=O) groups excluding carboxylic acids is 1. The Labute approximate surface area is 203 Å². The highest BCUT2D eigenvalue weighted by molar-refractivity contribution is 6.33. The summed E-state index contributed by atoms with van der Waals surface area (Å²) >= 11 is 6.55. The number of nitrogens with zero attached hydrogens (tertiary/aromatic N) is 6. The van der Waals surface area contributed by atoms with Crippen LogP contribution in [0.2, 0.25) is 5.02 Å². The minimum Gasteiger partial charge on any atom is -0.322 e. The van der Waals surface area contributed by atoms with Gasteiger partial charge in [-0.25, -0.2) is 9.67 Å². The Balaban J connectivity index is 1.46. The van der Waals surface area contributed by atoms with E-state index in [4.69, 9.17) is 11.6 Å². The maximum atomic E-state index is 13.3. The predicted molar refractivity (Wildman–Crippen MR) is 131 cm³/mol. The number of aromatic nitrogens is 6. The lowest BCUT2D eigenvalue weighted by Gasteiger charge is -2.13. The van der Waals surface area contributed by atoms with Gasteiger partial charge in [-0.15, -0.1) is 10.2 Å². The molecule has 3 aromatic heterocycles. The monoisotopic (exact) mass is 475 g/mol. The Hall–Kier alpha value is -3.52. The van der Waals surface area contributed by atoms with Crippen molar-refractivity contribution in [1.29, 1.82) is 0 Å². The number of hydrogen-bond donors (Lipinski definition) is 1. The van der Waals surface area contributed by atoms with Crippen LogP contribution in [0.4, 0.5) is 5.69 Å². The van der Waals surface area contributed by atoms with Gasteiger partial charge in [-0.05, 0) is 49.1 Å². The zero-order chi connectivity index (χ0) is 23.7. The standard InChI is InChI=1S/C25H26ClN7O/c1-16(2)23-19(15-28-33(23)21-8-5-6-12-27-21)25(34)29-17-10-11-20(26)18(14-17)24-31-30-22-9-4-3-7-13-32(22)24/h5-6,8,10-12,14-16H,3-4,7,9,13H2,1-2H3,(H,29,34). The second-order valence-corrected chi connectivity index (χ2v) is 9.16. The quantitative estimate of drug-likeness (QED) is 0.424. The third kappa shape index (κ3) is 4.21. The molecule has 1 aliphatic heterocycles. The minimum absolute atomic E-state index is 0.0671. The molecule has 4 aromatic rings. The summed E-state index contributed by atoms with van der Waals surface area (Å²) in [6.45, 7) is 4.93. The normalized spacial score (nSPS) is 13.5. The topological polar surface area (TPSA) is 90.5 Å². The highest BCUT2D eigenvalue weighted by atomic mass is 35.5. The van der Waals surface area contributed by atoms with E-state index in [1.807, 2.05) is 38.1 Å². The molecular weight excluding hydrogens is 450 g/mol. The molecule has 1 amide bonds. The number of rotatable bonds is 5. The molecule has 0 radical (unpaired) electrons. The molecule has 1 aliphatic rings. The number of hydrogen-bond acceptors (Lipinski definition) is 5. The van der Waals surface area contributed by atoms with Crippen LogP contribution in [0.3, 0.4) is 0 Å². The zero-order valence-corrected chi connectivity index (χ0v) is 20.0. The third-order valence-corrected chi connectivity index (χ3v) is 6.37. The van der Waals surface area contributed by atoms with E-state index in [1.54, 1.807) is 29.2 Å². The maximum absolute atomic E-state index is 13.3. The molecule has 0 unspecified atom stereocenters. The van der Waals surface area contributed by atoms with Crippen LogP contribution >= 0.6 is 11.6 Å². The maximum Gasteiger partial charge on any atom is 0.259 e. The van der Waals surface area contributed by atoms with Crippen LogP contribution in [-0.2, 0) is 13.0 Å². The molecule has 0 atom stereocenters. The van der Waals surface area contributed by atoms with Crippen LogP contribution < -0.4 is 5.32 Å². The summed E-state index contributed by atoms with van der Waals surface area (Å²) in [4.78, 5) is 17.7. The fraction of sp³-hybridized carbons (Fsp3) is 0.320. The fourth-order valence-electron chi connectivity index (χ4n) is 4.41. The van der Waals surface area contributed by atoms with E-state index in [0.717, 1.165) is 48.7 Å². The summed E-state index contributed by atoms with van der Waals surface area (Å²) in [5.74, 6) is 2.23. The van der Waals surface area contributed by atoms with Gasteiger partial charge >= 0.3 is 0 Å². The number of anilines is 1. The highest BCUT2D eigenvalue weighted by Crippen LogP contribution is 2.32. The summed E-state index contributed by atoms with van der Waals surface area (Å²) < 4.78 is 3.87. The average molecular weight is 476 g/mol. The van der Waals surface area contributed by atoms with E-state index in [0.29, 0.717) is 22.1 Å². The smallest absolute Gasteiger partial charge is 0.259 e. The Bertz CT molecular complexity index is 1330. The van der Waals surface area contributed by atoms with E-state index in [9.17, 15) is 4.79 Å². The Morgan fingerprint density at radius 3 is 2.79 bits per heavy atom. The SMILES string of the molecule is CC(C)c1c(C(=O)Nc2ccc(Cl)c(-c3nnc4n3CCCCC4)c2)cnn1-c1ccccn1. The van der Waals surface area contributed by atoms with Crippen LogP contribution in [0, 0.1) is 0 Å². The first-order valence-electron chi connectivity index (χ1n) is 11.6. The molecule has 8 nitrogen and oxygen atoms in total. The van der Waals surface area contributed by atoms with Crippen LogP contribution in [0.1, 0.15) is 60.9 Å². The van der Waals surface area contributed by atoms with Gasteiger partial charge in [0.05, 0.1) is 22.5 Å². The molecule has 0 fully saturated rings. The number of nitrogens with one attached hydrogen (secondary N) is 1. The van der Waals surface area contributed by atoms with Crippen molar-refractivity contribution >= 4 is 23.2 Å². The van der Waals surface area contributed by atoms with Crippen LogP contribution in [0.25, 0.3) is 17.2 Å². The number of pyridine rings is 1. The van der Waals surface area contributed by atoms with Gasteiger partial charge in [0, 0.05) is 30.4 Å². The van der Waals surface area contributed by atoms with Gasteiger partial charge in [0.25, 0.3) is 5.91 Å². The first-order chi connectivity index (χ1) is 16.5. The largest absolute Gasteiger partial charge is 0.322 e. The van der Waals surface area contributed by atoms with Crippen molar-refractivity contribution < 1.29 is 4.79 Å². The second-order valence-electron chi connectivity index (χ2n) is 8.75. The molecule has 1 N–H and O–H groups in total. The van der Waals surface area contributed by atoms with Gasteiger partial charge in [0.15, 0.2) is 11.6 Å². The number of amides is 1. The van der Waals surface area contributed by atoms with Crippen molar-refractivity contribution in [3.05, 3.63) is 70.9 Å². The first-order valence-corrected chi connectivity index (χ1v) is 11.9. The molecule has 0 spiro atoms. The lowest BCUT2D eigenvalue weighted by Crippen LogP contribution is -2.16. The van der Waals surface area contributed by atoms with Crippen LogP contribution in [0.5, 0.6) is 0 Å². The summed E-state index contributed by atoms with van der Waals surface area (Å²) in [6.07, 6.45) is 7.60. The predicted octanol–water partition coefficient (Wildman–Crippen LogP) is 5.28. The average Bonchev–Trinajstić information content (AvgIpc) is 3.39. The minimum atomic E-state index is -0.237. The fourth-order valence-corrected chi connectivity index (χ4v) is 4.61. The van der Waals surface area contributed by atoms with Gasteiger partial charge in [0.1, 0.15) is 5.82 Å². The molecule has 174 valence electrons. The second kappa shape index (κ2) is 9.38. The molecule has 1 aromatic carbocycles. The van der Waals surface area contributed by atoms with Crippen molar-refractivity contribution in [1.82, 2.24) is 29.5 Å². The Morgan fingerprint density at radius 2 is 2.00 bits per heavy atom. The first kappa shape index (κ1) is 22.3. The molecule has 34 heavy (non-hydrogen) atoms.